The van der Waals surface area contributed by atoms with E-state index in [-0.39, 0.29) is 11.9 Å². The van der Waals surface area contributed by atoms with Crippen molar-refractivity contribution in [2.75, 3.05) is 31.5 Å². The number of benzene rings is 1. The van der Waals surface area contributed by atoms with Crippen LogP contribution in [0.25, 0.3) is 11.5 Å². The first-order valence-electron chi connectivity index (χ1n) is 10.6. The Morgan fingerprint density at radius 1 is 1.10 bits per heavy atom. The van der Waals surface area contributed by atoms with Crippen molar-refractivity contribution in [3.63, 3.8) is 0 Å². The lowest BCUT2D eigenvalue weighted by Crippen LogP contribution is -2.52. The third-order valence-electron chi connectivity index (χ3n) is 6.28. The van der Waals surface area contributed by atoms with Gasteiger partial charge in [0, 0.05) is 38.1 Å². The molecule has 0 radical (unpaired) electrons. The first-order valence-corrected chi connectivity index (χ1v) is 10.6. The van der Waals surface area contributed by atoms with Gasteiger partial charge in [0.1, 0.15) is 5.82 Å². The maximum absolute atomic E-state index is 13.9. The van der Waals surface area contributed by atoms with Crippen LogP contribution in [0.3, 0.4) is 0 Å². The fraction of sp³-hybridized carbons (Fsp3) is 0.571. The van der Waals surface area contributed by atoms with Crippen LogP contribution in [0.5, 0.6) is 0 Å². The van der Waals surface area contributed by atoms with Gasteiger partial charge in [-0.05, 0) is 43.9 Å². The Morgan fingerprint density at radius 3 is 2.59 bits per heavy atom. The molecule has 8 heteroatoms. The summed E-state index contributed by atoms with van der Waals surface area (Å²) >= 11 is 0. The molecule has 1 aliphatic heterocycles. The van der Waals surface area contributed by atoms with E-state index in [1.165, 1.54) is 37.8 Å². The highest BCUT2D eigenvalue weighted by Crippen LogP contribution is 2.39. The minimum atomic E-state index is -0.408. The van der Waals surface area contributed by atoms with Crippen LogP contribution in [0.2, 0.25) is 0 Å². The normalized spacial score (nSPS) is 20.9. The van der Waals surface area contributed by atoms with Crippen molar-refractivity contribution in [2.45, 2.75) is 50.5 Å². The lowest BCUT2D eigenvalue weighted by Gasteiger charge is -2.38. The molecule has 0 unspecified atom stereocenters. The number of nitrogens with one attached hydrogen (secondary N) is 1. The van der Waals surface area contributed by atoms with E-state index in [2.05, 4.69) is 20.4 Å². The summed E-state index contributed by atoms with van der Waals surface area (Å²) in [6.45, 7) is 3.21. The van der Waals surface area contributed by atoms with E-state index >= 15 is 0 Å². The largest absolute Gasteiger partial charge is 0.334 e. The van der Waals surface area contributed by atoms with E-state index in [9.17, 15) is 9.18 Å². The Kier molecular flexibility index (Phi) is 4.95. The predicted octanol–water partition coefficient (Wildman–Crippen LogP) is 3.85. The Labute approximate surface area is 169 Å². The highest BCUT2D eigenvalue weighted by Gasteiger charge is 2.30. The quantitative estimate of drug-likeness (QED) is 0.845. The summed E-state index contributed by atoms with van der Waals surface area (Å²) in [6.07, 6.45) is 7.29. The summed E-state index contributed by atoms with van der Waals surface area (Å²) in [4.78, 5) is 21.6. The van der Waals surface area contributed by atoms with Gasteiger partial charge in [0.25, 0.3) is 5.89 Å². The average Bonchev–Trinajstić information content (AvgIpc) is 3.24. The highest BCUT2D eigenvalue weighted by atomic mass is 19.1. The van der Waals surface area contributed by atoms with Crippen LogP contribution in [0.4, 0.5) is 14.9 Å². The molecule has 1 N–H and O–H groups in total. The van der Waals surface area contributed by atoms with Gasteiger partial charge in [-0.25, -0.2) is 9.18 Å². The van der Waals surface area contributed by atoms with Crippen molar-refractivity contribution in [1.82, 2.24) is 19.9 Å². The van der Waals surface area contributed by atoms with Crippen molar-refractivity contribution in [3.05, 3.63) is 29.8 Å². The lowest BCUT2D eigenvalue weighted by atomic mass is 10.1. The van der Waals surface area contributed by atoms with Crippen molar-refractivity contribution < 1.29 is 13.7 Å². The molecule has 0 spiro atoms. The molecule has 3 fully saturated rings. The second-order valence-electron chi connectivity index (χ2n) is 8.31. The molecular weight excluding hydrogens is 373 g/mol. The number of anilines is 1. The molecule has 154 valence electrons. The molecule has 5 rings (SSSR count). The van der Waals surface area contributed by atoms with Gasteiger partial charge in [-0.15, -0.1) is 0 Å². The number of halogens is 1. The molecule has 0 bridgehead atoms. The molecule has 1 aromatic heterocycles. The Balaban J connectivity index is 1.27. The summed E-state index contributed by atoms with van der Waals surface area (Å²) in [5.41, 5.74) is 0.906. The number of aromatic nitrogens is 2. The van der Waals surface area contributed by atoms with Crippen LogP contribution < -0.4 is 5.32 Å². The predicted molar refractivity (Wildman–Crippen MR) is 106 cm³/mol. The number of hydrogen-bond donors (Lipinski definition) is 1. The molecule has 2 aliphatic carbocycles. The highest BCUT2D eigenvalue weighted by molar-refractivity contribution is 5.93. The third-order valence-corrected chi connectivity index (χ3v) is 6.28. The van der Waals surface area contributed by atoms with Crippen LogP contribution in [-0.4, -0.2) is 58.2 Å². The average molecular weight is 399 g/mol. The van der Waals surface area contributed by atoms with Crippen molar-refractivity contribution in [1.29, 1.82) is 0 Å². The van der Waals surface area contributed by atoms with E-state index in [0.717, 1.165) is 25.9 Å². The summed E-state index contributed by atoms with van der Waals surface area (Å²) in [5, 5.41) is 6.92. The summed E-state index contributed by atoms with van der Waals surface area (Å²) in [7, 11) is 0. The number of carbonyl (C=O) groups excluding carboxylic acids is 1. The fourth-order valence-corrected chi connectivity index (χ4v) is 4.41. The van der Waals surface area contributed by atoms with Crippen molar-refractivity contribution >= 4 is 11.7 Å². The fourth-order valence-electron chi connectivity index (χ4n) is 4.41. The van der Waals surface area contributed by atoms with E-state index in [4.69, 9.17) is 4.52 Å². The van der Waals surface area contributed by atoms with Gasteiger partial charge in [-0.1, -0.05) is 18.0 Å². The van der Waals surface area contributed by atoms with Crippen LogP contribution in [0, 0.1) is 5.82 Å². The van der Waals surface area contributed by atoms with Gasteiger partial charge < -0.3 is 14.7 Å². The molecule has 29 heavy (non-hydrogen) atoms. The van der Waals surface area contributed by atoms with Crippen LogP contribution in [0.15, 0.2) is 22.7 Å². The van der Waals surface area contributed by atoms with E-state index < -0.39 is 5.82 Å². The zero-order valence-electron chi connectivity index (χ0n) is 16.4. The first kappa shape index (κ1) is 18.5. The molecule has 2 amide bonds. The minimum absolute atomic E-state index is 0.175. The van der Waals surface area contributed by atoms with Gasteiger partial charge in [0.15, 0.2) is 5.82 Å². The Morgan fingerprint density at radius 2 is 1.86 bits per heavy atom. The number of amides is 2. The van der Waals surface area contributed by atoms with Crippen LogP contribution in [0.1, 0.15) is 50.3 Å². The topological polar surface area (TPSA) is 74.5 Å². The molecule has 1 saturated heterocycles. The number of nitrogens with zero attached hydrogens (tertiary/aromatic N) is 4. The Bertz CT molecular complexity index is 883. The second-order valence-corrected chi connectivity index (χ2v) is 8.31. The number of piperazine rings is 1. The van der Waals surface area contributed by atoms with Gasteiger partial charge in [0.05, 0.1) is 11.3 Å². The smallest absolute Gasteiger partial charge is 0.321 e. The number of urea groups is 1. The third kappa shape index (κ3) is 3.99. The van der Waals surface area contributed by atoms with E-state index in [1.807, 2.05) is 4.90 Å². The standard InChI is InChI=1S/C21H26FN5O2/c22-15-7-8-18(17(13-15)20-24-19(25-29-20)14-5-6-14)23-21(28)27-11-9-26(10-12-27)16-3-1-2-4-16/h7-8,13-14,16H,1-6,9-12H2,(H,23,28). The van der Waals surface area contributed by atoms with Crippen LogP contribution >= 0.6 is 0 Å². The molecule has 2 saturated carbocycles. The lowest BCUT2D eigenvalue weighted by molar-refractivity contribution is 0.115. The van der Waals surface area contributed by atoms with Gasteiger partial charge in [-0.2, -0.15) is 4.98 Å². The van der Waals surface area contributed by atoms with Gasteiger partial charge in [-0.3, -0.25) is 4.90 Å². The van der Waals surface area contributed by atoms with Crippen LogP contribution in [-0.2, 0) is 0 Å². The number of hydrogen-bond acceptors (Lipinski definition) is 5. The van der Waals surface area contributed by atoms with Gasteiger partial charge >= 0.3 is 6.03 Å². The first-order chi connectivity index (χ1) is 14.2. The molecule has 7 nitrogen and oxygen atoms in total. The maximum atomic E-state index is 13.9. The molecular formula is C21H26FN5O2. The summed E-state index contributed by atoms with van der Waals surface area (Å²) in [6, 6.07) is 4.72. The molecule has 1 aromatic carbocycles. The molecule has 2 heterocycles. The summed E-state index contributed by atoms with van der Waals surface area (Å²) in [5.74, 6) is 0.835. The molecule has 2 aromatic rings. The van der Waals surface area contributed by atoms with Gasteiger partial charge in [0.2, 0.25) is 0 Å². The zero-order chi connectivity index (χ0) is 19.8. The maximum Gasteiger partial charge on any atom is 0.321 e. The molecule has 0 atom stereocenters. The number of rotatable bonds is 4. The number of carbonyl (C=O) groups is 1. The monoisotopic (exact) mass is 399 g/mol. The van der Waals surface area contributed by atoms with Crippen molar-refractivity contribution in [3.8, 4) is 11.5 Å². The van der Waals surface area contributed by atoms with E-state index in [1.54, 1.807) is 6.07 Å². The second kappa shape index (κ2) is 7.74. The molecule has 3 aliphatic rings. The zero-order valence-corrected chi connectivity index (χ0v) is 16.4. The van der Waals surface area contributed by atoms with Crippen molar-refractivity contribution in [2.24, 2.45) is 0 Å². The Hall–Kier alpha value is -2.48. The SMILES string of the molecule is O=C(Nc1ccc(F)cc1-c1nc(C2CC2)no1)N1CCN(C2CCCC2)CC1. The van der Waals surface area contributed by atoms with E-state index in [0.29, 0.717) is 42.1 Å². The minimum Gasteiger partial charge on any atom is -0.334 e. The summed E-state index contributed by atoms with van der Waals surface area (Å²) < 4.78 is 19.2.